The number of carbonyl (C=O) groups is 1. The second-order valence-electron chi connectivity index (χ2n) is 7.11. The first kappa shape index (κ1) is 21.0. The minimum absolute atomic E-state index is 0.137. The number of sulfonamides is 1. The maximum atomic E-state index is 13.2. The average molecular weight is 390 g/mol. The van der Waals surface area contributed by atoms with Crippen molar-refractivity contribution >= 4 is 21.7 Å². The van der Waals surface area contributed by atoms with Crippen molar-refractivity contribution in [3.05, 3.63) is 59.7 Å². The van der Waals surface area contributed by atoms with Crippen molar-refractivity contribution in [1.82, 2.24) is 0 Å². The van der Waals surface area contributed by atoms with E-state index in [-0.39, 0.29) is 17.5 Å². The molecule has 0 spiro atoms. The third-order valence-corrected chi connectivity index (χ3v) is 5.88. The highest BCUT2D eigenvalue weighted by atomic mass is 32.2. The van der Waals surface area contributed by atoms with Gasteiger partial charge in [0.2, 0.25) is 0 Å². The molecule has 0 saturated heterocycles. The Hall–Kier alpha value is -2.34. The standard InChI is InChI=1S/C21H27NO4S/c1-15(2)18-8-10-19(11-9-18)22(14-21(23)26-16(3)4)27(24,25)20-12-6-17(5)7-13-20/h6-13,15-16H,14H2,1-5H3. The van der Waals surface area contributed by atoms with Crippen LogP contribution in [0, 0.1) is 6.92 Å². The summed E-state index contributed by atoms with van der Waals surface area (Å²) in [7, 11) is -3.90. The molecule has 2 aromatic carbocycles. The van der Waals surface area contributed by atoms with Crippen LogP contribution in [0.15, 0.2) is 53.4 Å². The molecule has 0 aliphatic carbocycles. The number of aryl methyl sites for hydroxylation is 1. The van der Waals surface area contributed by atoms with Crippen molar-refractivity contribution < 1.29 is 17.9 Å². The van der Waals surface area contributed by atoms with Crippen LogP contribution in [0.4, 0.5) is 5.69 Å². The van der Waals surface area contributed by atoms with Crippen molar-refractivity contribution in [2.45, 2.75) is 51.5 Å². The molecular formula is C21H27NO4S. The molecule has 0 amide bonds. The van der Waals surface area contributed by atoms with Gasteiger partial charge in [0.1, 0.15) is 6.54 Å². The van der Waals surface area contributed by atoms with Crippen LogP contribution in [0.2, 0.25) is 0 Å². The molecule has 0 heterocycles. The summed E-state index contributed by atoms with van der Waals surface area (Å²) in [5.74, 6) is -0.263. The van der Waals surface area contributed by atoms with E-state index in [2.05, 4.69) is 13.8 Å². The van der Waals surface area contributed by atoms with E-state index in [1.54, 1.807) is 50.2 Å². The predicted molar refractivity (Wildman–Crippen MR) is 107 cm³/mol. The molecule has 0 unspecified atom stereocenters. The first-order chi connectivity index (χ1) is 12.6. The van der Waals surface area contributed by atoms with Crippen molar-refractivity contribution in [3.8, 4) is 0 Å². The van der Waals surface area contributed by atoms with Crippen molar-refractivity contribution in [2.24, 2.45) is 0 Å². The van der Waals surface area contributed by atoms with E-state index in [0.717, 1.165) is 15.4 Å². The molecule has 0 radical (unpaired) electrons. The molecule has 5 nitrogen and oxygen atoms in total. The van der Waals surface area contributed by atoms with Gasteiger partial charge in [0, 0.05) is 0 Å². The maximum absolute atomic E-state index is 13.2. The van der Waals surface area contributed by atoms with Crippen molar-refractivity contribution in [2.75, 3.05) is 10.8 Å². The summed E-state index contributed by atoms with van der Waals surface area (Å²) < 4.78 is 32.7. The Labute approximate surface area is 162 Å². The fourth-order valence-corrected chi connectivity index (χ4v) is 4.00. The Kier molecular flexibility index (Phi) is 6.65. The lowest BCUT2D eigenvalue weighted by atomic mass is 10.0. The molecule has 0 fully saturated rings. The number of esters is 1. The summed E-state index contributed by atoms with van der Waals surface area (Å²) in [5, 5.41) is 0. The van der Waals surface area contributed by atoms with E-state index >= 15 is 0 Å². The fraction of sp³-hybridized carbons (Fsp3) is 0.381. The molecule has 6 heteroatoms. The second kappa shape index (κ2) is 8.57. The van der Waals surface area contributed by atoms with Gasteiger partial charge in [0.15, 0.2) is 0 Å². The zero-order valence-corrected chi connectivity index (χ0v) is 17.3. The fourth-order valence-electron chi connectivity index (χ4n) is 2.60. The number of rotatable bonds is 7. The molecule has 0 aliphatic heterocycles. The zero-order chi connectivity index (χ0) is 20.2. The lowest BCUT2D eigenvalue weighted by molar-refractivity contribution is -0.145. The van der Waals surface area contributed by atoms with Crippen LogP contribution in [0.25, 0.3) is 0 Å². The van der Waals surface area contributed by atoms with Gasteiger partial charge in [-0.05, 0) is 56.5 Å². The molecule has 0 aliphatic rings. The number of carbonyl (C=O) groups excluding carboxylic acids is 1. The number of nitrogens with zero attached hydrogens (tertiary/aromatic N) is 1. The largest absolute Gasteiger partial charge is 0.462 e. The van der Waals surface area contributed by atoms with Gasteiger partial charge in [0.05, 0.1) is 16.7 Å². The lowest BCUT2D eigenvalue weighted by Gasteiger charge is -2.24. The third-order valence-electron chi connectivity index (χ3n) is 4.10. The number of hydrogen-bond acceptors (Lipinski definition) is 4. The average Bonchev–Trinajstić information content (AvgIpc) is 2.59. The molecule has 0 bridgehead atoms. The van der Waals surface area contributed by atoms with Crippen LogP contribution in [0.1, 0.15) is 44.7 Å². The number of benzene rings is 2. The van der Waals surface area contributed by atoms with E-state index in [9.17, 15) is 13.2 Å². The van der Waals surface area contributed by atoms with E-state index < -0.39 is 16.0 Å². The van der Waals surface area contributed by atoms with Gasteiger partial charge in [0.25, 0.3) is 10.0 Å². The smallest absolute Gasteiger partial charge is 0.327 e. The van der Waals surface area contributed by atoms with Crippen LogP contribution in [0.5, 0.6) is 0 Å². The predicted octanol–water partition coefficient (Wildman–Crippen LogP) is 4.27. The van der Waals surface area contributed by atoms with Gasteiger partial charge < -0.3 is 4.74 Å². The molecule has 0 N–H and O–H groups in total. The van der Waals surface area contributed by atoms with Gasteiger partial charge >= 0.3 is 5.97 Å². The van der Waals surface area contributed by atoms with Crippen LogP contribution in [-0.4, -0.2) is 27.0 Å². The first-order valence-corrected chi connectivity index (χ1v) is 10.4. The van der Waals surface area contributed by atoms with Crippen LogP contribution in [0.3, 0.4) is 0 Å². The van der Waals surface area contributed by atoms with Crippen LogP contribution in [-0.2, 0) is 19.6 Å². The van der Waals surface area contributed by atoms with Gasteiger partial charge in [-0.2, -0.15) is 0 Å². The summed E-state index contributed by atoms with van der Waals surface area (Å²) in [6.07, 6.45) is -0.315. The highest BCUT2D eigenvalue weighted by molar-refractivity contribution is 7.92. The normalized spacial score (nSPS) is 11.7. The van der Waals surface area contributed by atoms with E-state index in [4.69, 9.17) is 4.74 Å². The van der Waals surface area contributed by atoms with E-state index in [0.29, 0.717) is 11.6 Å². The Balaban J connectivity index is 2.45. The number of ether oxygens (including phenoxy) is 1. The highest BCUT2D eigenvalue weighted by Crippen LogP contribution is 2.26. The summed E-state index contributed by atoms with van der Waals surface area (Å²) in [4.78, 5) is 12.4. The summed E-state index contributed by atoms with van der Waals surface area (Å²) in [6.45, 7) is 9.10. The molecule has 2 rings (SSSR count). The number of hydrogen-bond donors (Lipinski definition) is 0. The number of anilines is 1. The monoisotopic (exact) mass is 389 g/mol. The zero-order valence-electron chi connectivity index (χ0n) is 16.5. The van der Waals surface area contributed by atoms with Gasteiger partial charge in [-0.25, -0.2) is 8.42 Å². The quantitative estimate of drug-likeness (QED) is 0.664. The van der Waals surface area contributed by atoms with Crippen molar-refractivity contribution in [1.29, 1.82) is 0 Å². The van der Waals surface area contributed by atoms with Gasteiger partial charge in [-0.3, -0.25) is 9.10 Å². The topological polar surface area (TPSA) is 63.7 Å². The molecular weight excluding hydrogens is 362 g/mol. The minimum Gasteiger partial charge on any atom is -0.462 e. The molecule has 2 aromatic rings. The molecule has 146 valence electrons. The van der Waals surface area contributed by atoms with Crippen LogP contribution < -0.4 is 4.31 Å². The molecule has 0 aromatic heterocycles. The Bertz CT molecular complexity index is 869. The highest BCUT2D eigenvalue weighted by Gasteiger charge is 2.28. The third kappa shape index (κ3) is 5.32. The Morgan fingerprint density at radius 2 is 1.52 bits per heavy atom. The SMILES string of the molecule is Cc1ccc(S(=O)(=O)N(CC(=O)OC(C)C)c2ccc(C(C)C)cc2)cc1. The van der Waals surface area contributed by atoms with E-state index in [1.165, 1.54) is 0 Å². The minimum atomic E-state index is -3.90. The van der Waals surface area contributed by atoms with Gasteiger partial charge in [-0.1, -0.05) is 43.7 Å². The molecule has 0 saturated carbocycles. The summed E-state index contributed by atoms with van der Waals surface area (Å²) >= 11 is 0. The second-order valence-corrected chi connectivity index (χ2v) is 8.97. The van der Waals surface area contributed by atoms with Crippen LogP contribution >= 0.6 is 0 Å². The Morgan fingerprint density at radius 3 is 2.00 bits per heavy atom. The maximum Gasteiger partial charge on any atom is 0.327 e. The Morgan fingerprint density at radius 1 is 0.963 bits per heavy atom. The summed E-state index contributed by atoms with van der Waals surface area (Å²) in [6, 6.07) is 13.8. The van der Waals surface area contributed by atoms with E-state index in [1.807, 2.05) is 19.1 Å². The molecule has 0 atom stereocenters. The summed E-state index contributed by atoms with van der Waals surface area (Å²) in [5.41, 5.74) is 2.48. The molecule has 27 heavy (non-hydrogen) atoms. The first-order valence-electron chi connectivity index (χ1n) is 9.00. The van der Waals surface area contributed by atoms with Crippen molar-refractivity contribution in [3.63, 3.8) is 0 Å². The van der Waals surface area contributed by atoms with Gasteiger partial charge in [-0.15, -0.1) is 0 Å². The lowest BCUT2D eigenvalue weighted by Crippen LogP contribution is -2.37.